The quantitative estimate of drug-likeness (QED) is 0.753. The lowest BCUT2D eigenvalue weighted by Crippen LogP contribution is -2.59. The molecule has 1 aliphatic rings. The number of halogens is 3. The zero-order valence-electron chi connectivity index (χ0n) is 9.13. The molecule has 0 saturated carbocycles. The Hall–Kier alpha value is -0.820. The van der Waals surface area contributed by atoms with Gasteiger partial charge in [-0.2, -0.15) is 13.2 Å². The molecule has 4 nitrogen and oxygen atoms in total. The van der Waals surface area contributed by atoms with Crippen LogP contribution in [0.3, 0.4) is 0 Å². The van der Waals surface area contributed by atoms with Crippen molar-refractivity contribution in [3.8, 4) is 0 Å². The Morgan fingerprint density at radius 1 is 1.56 bits per heavy atom. The van der Waals surface area contributed by atoms with E-state index in [2.05, 4.69) is 0 Å². The largest absolute Gasteiger partial charge is 0.471 e. The van der Waals surface area contributed by atoms with Gasteiger partial charge in [0.1, 0.15) is 0 Å². The van der Waals surface area contributed by atoms with Crippen molar-refractivity contribution in [1.29, 1.82) is 0 Å². The van der Waals surface area contributed by atoms with E-state index in [-0.39, 0.29) is 12.6 Å². The molecule has 0 radical (unpaired) electrons. The van der Waals surface area contributed by atoms with Gasteiger partial charge in [0.05, 0.1) is 0 Å². The van der Waals surface area contributed by atoms with E-state index in [0.29, 0.717) is 26.1 Å². The van der Waals surface area contributed by atoms with Crippen LogP contribution < -0.4 is 5.73 Å². The zero-order valence-corrected chi connectivity index (χ0v) is 9.13. The first-order valence-electron chi connectivity index (χ1n) is 5.12. The topological polar surface area (TPSA) is 49.6 Å². The van der Waals surface area contributed by atoms with E-state index in [9.17, 15) is 18.0 Å². The number of nitrogens with zero attached hydrogens (tertiary/aromatic N) is 2. The second-order valence-electron chi connectivity index (χ2n) is 3.99. The Morgan fingerprint density at radius 3 is 2.56 bits per heavy atom. The van der Waals surface area contributed by atoms with Crippen LogP contribution in [0.25, 0.3) is 0 Å². The van der Waals surface area contributed by atoms with Gasteiger partial charge in [0.15, 0.2) is 0 Å². The predicted molar refractivity (Wildman–Crippen MR) is 52.7 cm³/mol. The number of carbonyl (C=O) groups excluding carboxylic acids is 1. The van der Waals surface area contributed by atoms with Crippen molar-refractivity contribution < 1.29 is 18.0 Å². The van der Waals surface area contributed by atoms with Crippen LogP contribution in [0.5, 0.6) is 0 Å². The molecule has 2 N–H and O–H groups in total. The molecule has 0 aromatic heterocycles. The molecule has 1 amide bonds. The minimum Gasteiger partial charge on any atom is -0.330 e. The molecule has 1 atom stereocenters. The molecule has 1 unspecified atom stereocenters. The number of carbonyl (C=O) groups is 1. The third-order valence-corrected chi connectivity index (χ3v) is 2.68. The average Bonchev–Trinajstić information content (AvgIpc) is 2.11. The van der Waals surface area contributed by atoms with Gasteiger partial charge in [-0.3, -0.25) is 4.79 Å². The van der Waals surface area contributed by atoms with Crippen molar-refractivity contribution in [3.05, 3.63) is 0 Å². The third-order valence-electron chi connectivity index (χ3n) is 2.68. The van der Waals surface area contributed by atoms with Crippen LogP contribution in [0.2, 0.25) is 0 Å². The maximum absolute atomic E-state index is 12.2. The molecule has 1 heterocycles. The first kappa shape index (κ1) is 13.2. The number of alkyl halides is 3. The SMILES string of the molecule is CN(CCN)CC1CCN1C(=O)C(F)(F)F. The fourth-order valence-electron chi connectivity index (χ4n) is 1.73. The molecule has 1 saturated heterocycles. The van der Waals surface area contributed by atoms with Crippen LogP contribution in [-0.4, -0.2) is 61.2 Å². The van der Waals surface area contributed by atoms with Crippen LogP contribution in [0, 0.1) is 0 Å². The van der Waals surface area contributed by atoms with Crippen molar-refractivity contribution in [2.75, 3.05) is 33.2 Å². The summed E-state index contributed by atoms with van der Waals surface area (Å²) in [5, 5.41) is 0. The van der Waals surface area contributed by atoms with Crippen molar-refractivity contribution in [2.45, 2.75) is 18.6 Å². The Labute approximate surface area is 92.2 Å². The lowest BCUT2D eigenvalue weighted by molar-refractivity contribution is -0.193. The van der Waals surface area contributed by atoms with E-state index >= 15 is 0 Å². The maximum Gasteiger partial charge on any atom is 0.471 e. The highest BCUT2D eigenvalue weighted by Crippen LogP contribution is 2.26. The van der Waals surface area contributed by atoms with E-state index in [1.165, 1.54) is 0 Å². The van der Waals surface area contributed by atoms with Gasteiger partial charge in [0.2, 0.25) is 0 Å². The minimum atomic E-state index is -4.76. The number of rotatable bonds is 4. The fourth-order valence-corrected chi connectivity index (χ4v) is 1.73. The number of hydrogen-bond donors (Lipinski definition) is 1. The van der Waals surface area contributed by atoms with Crippen LogP contribution in [0.4, 0.5) is 13.2 Å². The van der Waals surface area contributed by atoms with Gasteiger partial charge >= 0.3 is 12.1 Å². The highest BCUT2D eigenvalue weighted by atomic mass is 19.4. The van der Waals surface area contributed by atoms with E-state index in [1.54, 1.807) is 7.05 Å². The first-order chi connectivity index (χ1) is 7.36. The molecule has 1 fully saturated rings. The van der Waals surface area contributed by atoms with Gasteiger partial charge in [-0.15, -0.1) is 0 Å². The molecule has 0 aromatic rings. The Balaban J connectivity index is 2.44. The monoisotopic (exact) mass is 239 g/mol. The maximum atomic E-state index is 12.2. The highest BCUT2D eigenvalue weighted by Gasteiger charge is 2.47. The molecule has 0 aromatic carbocycles. The van der Waals surface area contributed by atoms with Crippen LogP contribution in [-0.2, 0) is 4.79 Å². The summed E-state index contributed by atoms with van der Waals surface area (Å²) in [4.78, 5) is 13.7. The number of likely N-dealkylation sites (tertiary alicyclic amines) is 1. The summed E-state index contributed by atoms with van der Waals surface area (Å²) in [6.07, 6.45) is -4.14. The molecular formula is C9H16F3N3O. The van der Waals surface area contributed by atoms with Gasteiger partial charge in [0, 0.05) is 32.2 Å². The van der Waals surface area contributed by atoms with Crippen LogP contribution in [0.15, 0.2) is 0 Å². The van der Waals surface area contributed by atoms with Gasteiger partial charge in [0.25, 0.3) is 0 Å². The van der Waals surface area contributed by atoms with Gasteiger partial charge in [-0.25, -0.2) is 0 Å². The third kappa shape index (κ3) is 3.08. The first-order valence-corrected chi connectivity index (χ1v) is 5.12. The summed E-state index contributed by atoms with van der Waals surface area (Å²) in [6.45, 7) is 1.71. The molecular weight excluding hydrogens is 223 g/mol. The molecule has 94 valence electrons. The van der Waals surface area contributed by atoms with Crippen molar-refractivity contribution >= 4 is 5.91 Å². The summed E-state index contributed by atoms with van der Waals surface area (Å²) in [5.41, 5.74) is 5.33. The lowest BCUT2D eigenvalue weighted by atomic mass is 10.0. The number of nitrogens with two attached hydrogens (primary N) is 1. The fraction of sp³-hybridized carbons (Fsp3) is 0.889. The van der Waals surface area contributed by atoms with E-state index in [0.717, 1.165) is 4.90 Å². The molecule has 0 aliphatic carbocycles. The molecule has 7 heteroatoms. The summed E-state index contributed by atoms with van der Waals surface area (Å²) in [6, 6.07) is -0.328. The summed E-state index contributed by atoms with van der Waals surface area (Å²) in [5.74, 6) is -1.73. The number of amides is 1. The lowest BCUT2D eigenvalue weighted by Gasteiger charge is -2.42. The number of likely N-dealkylation sites (N-methyl/N-ethyl adjacent to an activating group) is 1. The van der Waals surface area contributed by atoms with E-state index in [4.69, 9.17) is 5.73 Å². The average molecular weight is 239 g/mol. The Bertz CT molecular complexity index is 257. The molecule has 16 heavy (non-hydrogen) atoms. The van der Waals surface area contributed by atoms with Gasteiger partial charge in [-0.1, -0.05) is 0 Å². The predicted octanol–water partition coefficient (Wildman–Crippen LogP) is 0.0401. The van der Waals surface area contributed by atoms with Crippen LogP contribution >= 0.6 is 0 Å². The van der Waals surface area contributed by atoms with Crippen molar-refractivity contribution in [1.82, 2.24) is 9.80 Å². The zero-order chi connectivity index (χ0) is 12.3. The summed E-state index contributed by atoms with van der Waals surface area (Å²) >= 11 is 0. The normalized spacial score (nSPS) is 21.1. The smallest absolute Gasteiger partial charge is 0.330 e. The molecule has 1 rings (SSSR count). The molecule has 0 spiro atoms. The van der Waals surface area contributed by atoms with Gasteiger partial charge < -0.3 is 15.5 Å². The van der Waals surface area contributed by atoms with Crippen molar-refractivity contribution in [2.24, 2.45) is 5.73 Å². The van der Waals surface area contributed by atoms with Crippen LogP contribution in [0.1, 0.15) is 6.42 Å². The standard InChI is InChI=1S/C9H16F3N3O/c1-14(5-3-13)6-7-2-4-15(7)8(16)9(10,11)12/h7H,2-6,13H2,1H3. The van der Waals surface area contributed by atoms with E-state index < -0.39 is 12.1 Å². The summed E-state index contributed by atoms with van der Waals surface area (Å²) < 4.78 is 36.5. The number of hydrogen-bond acceptors (Lipinski definition) is 3. The Kier molecular flexibility index (Phi) is 4.15. The molecule has 0 bridgehead atoms. The molecule has 1 aliphatic heterocycles. The second kappa shape index (κ2) is 5.01. The second-order valence-corrected chi connectivity index (χ2v) is 3.99. The summed E-state index contributed by atoms with van der Waals surface area (Å²) in [7, 11) is 1.78. The van der Waals surface area contributed by atoms with E-state index in [1.807, 2.05) is 4.90 Å². The minimum absolute atomic E-state index is 0.194. The van der Waals surface area contributed by atoms with Gasteiger partial charge in [-0.05, 0) is 13.5 Å². The Morgan fingerprint density at radius 2 is 2.19 bits per heavy atom. The highest BCUT2D eigenvalue weighted by molar-refractivity contribution is 5.82. The van der Waals surface area contributed by atoms with Crippen molar-refractivity contribution in [3.63, 3.8) is 0 Å².